The third-order valence-electron chi connectivity index (χ3n) is 2.00. The van der Waals surface area contributed by atoms with Gasteiger partial charge in [-0.15, -0.1) is 0 Å². The number of nitrogens with zero attached hydrogens (tertiary/aromatic N) is 2. The average molecular weight is 240 g/mol. The van der Waals surface area contributed by atoms with Crippen LogP contribution in [-0.4, -0.2) is 14.5 Å². The minimum Gasteiger partial charge on any atom is -0.329 e. The minimum atomic E-state index is 0.598. The number of rotatable bonds is 2. The largest absolute Gasteiger partial charge is 0.329 e. The van der Waals surface area contributed by atoms with Crippen LogP contribution in [0, 0.1) is 4.77 Å². The van der Waals surface area contributed by atoms with Crippen molar-refractivity contribution in [3.8, 4) is 0 Å². The van der Waals surface area contributed by atoms with Gasteiger partial charge in [0.1, 0.15) is 0 Å². The van der Waals surface area contributed by atoms with Crippen LogP contribution in [0.3, 0.4) is 0 Å². The van der Waals surface area contributed by atoms with Crippen molar-refractivity contribution < 1.29 is 0 Å². The molecule has 2 heterocycles. The normalized spacial score (nSPS) is 10.8. The Balaban J connectivity index is 2.68. The predicted octanol–water partition coefficient (Wildman–Crippen LogP) is 3.32. The highest BCUT2D eigenvalue weighted by atomic mass is 35.5. The van der Waals surface area contributed by atoms with Crippen molar-refractivity contribution in [2.75, 3.05) is 0 Å². The van der Waals surface area contributed by atoms with Crippen LogP contribution in [0.5, 0.6) is 0 Å². The molecule has 0 bridgehead atoms. The van der Waals surface area contributed by atoms with Crippen LogP contribution in [-0.2, 0) is 6.54 Å². The maximum atomic E-state index is 5.84. The Labute approximate surface area is 97.4 Å². The highest BCUT2D eigenvalue weighted by Crippen LogP contribution is 2.16. The zero-order valence-corrected chi connectivity index (χ0v) is 9.82. The number of hydrogen-bond acceptors (Lipinski definition) is 2. The maximum absolute atomic E-state index is 5.84. The van der Waals surface area contributed by atoms with Crippen molar-refractivity contribution in [3.63, 3.8) is 0 Å². The standard InChI is InChI=1S/C10H10ClN3S/c1-6(2)5-14-9-8(13-10(14)15)3-7(11)4-12-9/h3-4H,1,5H2,2H3,(H,13,15). The molecule has 0 saturated carbocycles. The summed E-state index contributed by atoms with van der Waals surface area (Å²) in [5.41, 5.74) is 2.70. The van der Waals surface area contributed by atoms with Gasteiger partial charge >= 0.3 is 0 Å². The molecule has 0 spiro atoms. The molecule has 2 aromatic heterocycles. The van der Waals surface area contributed by atoms with Gasteiger partial charge in [-0.1, -0.05) is 23.8 Å². The van der Waals surface area contributed by atoms with E-state index in [9.17, 15) is 0 Å². The molecule has 0 aliphatic rings. The average Bonchev–Trinajstić information content (AvgIpc) is 2.41. The second-order valence-electron chi connectivity index (χ2n) is 3.50. The number of pyridine rings is 1. The Hall–Kier alpha value is -1.13. The number of hydrogen-bond donors (Lipinski definition) is 1. The molecule has 78 valence electrons. The van der Waals surface area contributed by atoms with Gasteiger partial charge in [-0.25, -0.2) is 4.98 Å². The molecule has 0 fully saturated rings. The van der Waals surface area contributed by atoms with Crippen molar-refractivity contribution in [2.24, 2.45) is 0 Å². The second kappa shape index (κ2) is 3.79. The molecule has 1 N–H and O–H groups in total. The molecule has 5 heteroatoms. The van der Waals surface area contributed by atoms with E-state index in [-0.39, 0.29) is 0 Å². The zero-order chi connectivity index (χ0) is 11.0. The maximum Gasteiger partial charge on any atom is 0.179 e. The van der Waals surface area contributed by atoms with Crippen LogP contribution in [0.1, 0.15) is 6.92 Å². The summed E-state index contributed by atoms with van der Waals surface area (Å²) in [5, 5.41) is 0.598. The second-order valence-corrected chi connectivity index (χ2v) is 4.32. The molecule has 0 amide bonds. The van der Waals surface area contributed by atoms with E-state index in [0.717, 1.165) is 16.7 Å². The van der Waals surface area contributed by atoms with E-state index in [1.165, 1.54) is 0 Å². The number of H-pyrrole nitrogens is 1. The lowest BCUT2D eigenvalue weighted by Gasteiger charge is -2.02. The van der Waals surface area contributed by atoms with E-state index in [4.69, 9.17) is 23.8 Å². The molecule has 0 unspecified atom stereocenters. The first-order chi connectivity index (χ1) is 7.08. The quantitative estimate of drug-likeness (QED) is 0.644. The van der Waals surface area contributed by atoms with Crippen LogP contribution >= 0.6 is 23.8 Å². The highest BCUT2D eigenvalue weighted by Gasteiger charge is 2.05. The van der Waals surface area contributed by atoms with E-state index in [0.29, 0.717) is 16.3 Å². The number of allylic oxidation sites excluding steroid dienone is 1. The SMILES string of the molecule is C=C(C)Cn1c(=S)[nH]c2cc(Cl)cnc21. The van der Waals surface area contributed by atoms with Crippen molar-refractivity contribution in [1.82, 2.24) is 14.5 Å². The fourth-order valence-electron chi connectivity index (χ4n) is 1.43. The van der Waals surface area contributed by atoms with Gasteiger partial charge in [-0.05, 0) is 25.2 Å². The summed E-state index contributed by atoms with van der Waals surface area (Å²) in [5.74, 6) is 0. The lowest BCUT2D eigenvalue weighted by molar-refractivity contribution is 0.788. The van der Waals surface area contributed by atoms with Gasteiger partial charge in [0.15, 0.2) is 10.4 Å². The van der Waals surface area contributed by atoms with E-state index in [1.54, 1.807) is 6.20 Å². The third-order valence-corrected chi connectivity index (χ3v) is 2.53. The number of nitrogens with one attached hydrogen (secondary N) is 1. The van der Waals surface area contributed by atoms with Crippen molar-refractivity contribution in [1.29, 1.82) is 0 Å². The van der Waals surface area contributed by atoms with Crippen molar-refractivity contribution in [2.45, 2.75) is 13.5 Å². The first kappa shape index (κ1) is 10.4. The van der Waals surface area contributed by atoms with Gasteiger partial charge in [0.2, 0.25) is 0 Å². The van der Waals surface area contributed by atoms with Crippen molar-refractivity contribution >= 4 is 35.0 Å². The van der Waals surface area contributed by atoms with Crippen LogP contribution in [0.25, 0.3) is 11.2 Å². The fourth-order valence-corrected chi connectivity index (χ4v) is 1.85. The Morgan fingerprint density at radius 3 is 3.13 bits per heavy atom. The zero-order valence-electron chi connectivity index (χ0n) is 8.25. The topological polar surface area (TPSA) is 33.6 Å². The predicted molar refractivity (Wildman–Crippen MR) is 64.7 cm³/mol. The molecule has 0 aromatic carbocycles. The number of fused-ring (bicyclic) bond motifs is 1. The van der Waals surface area contributed by atoms with E-state index < -0.39 is 0 Å². The van der Waals surface area contributed by atoms with Crippen LogP contribution in [0.2, 0.25) is 5.02 Å². The fraction of sp³-hybridized carbons (Fsp3) is 0.200. The van der Waals surface area contributed by atoms with E-state index in [2.05, 4.69) is 16.5 Å². The summed E-state index contributed by atoms with van der Waals surface area (Å²) in [4.78, 5) is 7.31. The van der Waals surface area contributed by atoms with Gasteiger partial charge in [-0.3, -0.25) is 4.57 Å². The molecular formula is C10H10ClN3S. The summed E-state index contributed by atoms with van der Waals surface area (Å²) >= 11 is 11.0. The summed E-state index contributed by atoms with van der Waals surface area (Å²) in [6.45, 7) is 6.49. The monoisotopic (exact) mass is 239 g/mol. The first-order valence-corrected chi connectivity index (χ1v) is 5.25. The van der Waals surface area contributed by atoms with Gasteiger partial charge in [0, 0.05) is 12.7 Å². The Bertz CT molecular complexity index is 582. The van der Waals surface area contributed by atoms with Crippen LogP contribution < -0.4 is 0 Å². The number of halogens is 1. The third kappa shape index (κ3) is 1.96. The lowest BCUT2D eigenvalue weighted by atomic mass is 10.3. The summed E-state index contributed by atoms with van der Waals surface area (Å²) in [6, 6.07) is 1.81. The lowest BCUT2D eigenvalue weighted by Crippen LogP contribution is -1.99. The summed E-state index contributed by atoms with van der Waals surface area (Å²) in [7, 11) is 0. The molecule has 3 nitrogen and oxygen atoms in total. The molecule has 0 radical (unpaired) electrons. The highest BCUT2D eigenvalue weighted by molar-refractivity contribution is 7.71. The van der Waals surface area contributed by atoms with Gasteiger partial charge in [0.05, 0.1) is 10.5 Å². The van der Waals surface area contributed by atoms with Gasteiger partial charge in [-0.2, -0.15) is 0 Å². The van der Waals surface area contributed by atoms with Crippen LogP contribution in [0.4, 0.5) is 0 Å². The molecule has 0 aliphatic carbocycles. The van der Waals surface area contributed by atoms with Gasteiger partial charge in [0.25, 0.3) is 0 Å². The number of aromatic nitrogens is 3. The minimum absolute atomic E-state index is 0.598. The van der Waals surface area contributed by atoms with Crippen molar-refractivity contribution in [3.05, 3.63) is 34.2 Å². The Morgan fingerprint density at radius 2 is 2.47 bits per heavy atom. The molecule has 2 rings (SSSR count). The smallest absolute Gasteiger partial charge is 0.179 e. The molecule has 0 aliphatic heterocycles. The van der Waals surface area contributed by atoms with E-state index >= 15 is 0 Å². The number of aromatic amines is 1. The van der Waals surface area contributed by atoms with Crippen LogP contribution in [0.15, 0.2) is 24.4 Å². The summed E-state index contributed by atoms with van der Waals surface area (Å²) < 4.78 is 2.55. The molecule has 2 aromatic rings. The Morgan fingerprint density at radius 1 is 1.73 bits per heavy atom. The molecular weight excluding hydrogens is 230 g/mol. The molecule has 0 saturated heterocycles. The van der Waals surface area contributed by atoms with Gasteiger partial charge < -0.3 is 4.98 Å². The molecule has 15 heavy (non-hydrogen) atoms. The number of imidazole rings is 1. The summed E-state index contributed by atoms with van der Waals surface area (Å²) in [6.07, 6.45) is 1.61. The first-order valence-electron chi connectivity index (χ1n) is 4.46. The Kier molecular flexibility index (Phi) is 2.63. The molecule has 0 atom stereocenters. The van der Waals surface area contributed by atoms with E-state index in [1.807, 2.05) is 17.6 Å².